The second-order valence-corrected chi connectivity index (χ2v) is 8.44. The minimum atomic E-state index is -0.999. The highest BCUT2D eigenvalue weighted by Gasteiger charge is 2.30. The van der Waals surface area contributed by atoms with Crippen molar-refractivity contribution in [2.24, 2.45) is 0 Å². The first-order valence-corrected chi connectivity index (χ1v) is 11.5. The van der Waals surface area contributed by atoms with E-state index in [0.717, 1.165) is 5.75 Å². The van der Waals surface area contributed by atoms with Crippen LogP contribution in [0.2, 0.25) is 0 Å². The third-order valence-electron chi connectivity index (χ3n) is 5.96. The van der Waals surface area contributed by atoms with Gasteiger partial charge in [-0.15, -0.1) is 0 Å². The number of carbonyl (C=O) groups is 1. The lowest BCUT2D eigenvalue weighted by Crippen LogP contribution is -2.47. The normalized spacial score (nSPS) is 19.3. The van der Waals surface area contributed by atoms with Crippen molar-refractivity contribution < 1.29 is 33.2 Å². The van der Waals surface area contributed by atoms with E-state index >= 15 is 0 Å². The van der Waals surface area contributed by atoms with Gasteiger partial charge in [-0.3, -0.25) is 9.69 Å². The summed E-state index contributed by atoms with van der Waals surface area (Å²) in [6.07, 6.45) is -1.32. The molecular weight excluding hydrogens is 443 g/mol. The maximum absolute atomic E-state index is 13.7. The number of benzene rings is 2. The monoisotopic (exact) mass is 474 g/mol. The molecule has 2 aliphatic rings. The van der Waals surface area contributed by atoms with Crippen molar-refractivity contribution in [3.8, 4) is 23.0 Å². The van der Waals surface area contributed by atoms with Gasteiger partial charge in [-0.05, 0) is 48.4 Å². The molecule has 34 heavy (non-hydrogen) atoms. The number of fused-ring (bicyclic) bond motifs is 1. The van der Waals surface area contributed by atoms with Crippen molar-refractivity contribution in [3.63, 3.8) is 0 Å². The molecule has 0 saturated carbocycles. The number of rotatable bonds is 10. The van der Waals surface area contributed by atoms with Crippen LogP contribution in [0.3, 0.4) is 0 Å². The first-order valence-electron chi connectivity index (χ1n) is 11.5. The molecule has 2 aromatic carbocycles. The molecule has 0 aromatic heterocycles. The first kappa shape index (κ1) is 24.1. The molecule has 2 heterocycles. The number of aliphatic hydroxyl groups excluding tert-OH is 1. The van der Waals surface area contributed by atoms with Crippen LogP contribution in [0.25, 0.3) is 0 Å². The molecule has 1 fully saturated rings. The number of nitrogens with zero attached hydrogens (tertiary/aromatic N) is 1. The van der Waals surface area contributed by atoms with Crippen LogP contribution in [0.1, 0.15) is 24.5 Å². The van der Waals surface area contributed by atoms with Gasteiger partial charge in [0.15, 0.2) is 11.5 Å². The number of hydrogen-bond acceptors (Lipinski definition) is 7. The Morgan fingerprint density at radius 3 is 2.62 bits per heavy atom. The van der Waals surface area contributed by atoms with E-state index in [1.165, 1.54) is 0 Å². The first-order chi connectivity index (χ1) is 16.5. The molecule has 2 aliphatic heterocycles. The van der Waals surface area contributed by atoms with Crippen LogP contribution in [0, 0.1) is 0 Å². The largest absolute Gasteiger partial charge is 0.497 e. The van der Waals surface area contributed by atoms with Gasteiger partial charge in [0, 0.05) is 19.6 Å². The highest BCUT2D eigenvalue weighted by molar-refractivity contribution is 5.76. The molecule has 3 atom stereocenters. The SMILES string of the molecule is COc1ccc(OCCC(=O)N[C@H](CN2CCC(F)C2)[C@H](O)c2ccc3c(c2)OCCO3)cc1. The summed E-state index contributed by atoms with van der Waals surface area (Å²) < 4.78 is 35.7. The lowest BCUT2D eigenvalue weighted by molar-refractivity contribution is -0.123. The number of amides is 1. The van der Waals surface area contributed by atoms with Crippen molar-refractivity contribution in [1.82, 2.24) is 10.2 Å². The molecular formula is C25H31FN2O6. The molecule has 0 aliphatic carbocycles. The van der Waals surface area contributed by atoms with Crippen LogP contribution in [-0.2, 0) is 4.79 Å². The number of likely N-dealkylation sites (tertiary alicyclic amines) is 1. The van der Waals surface area contributed by atoms with Crippen LogP contribution >= 0.6 is 0 Å². The number of halogens is 1. The molecule has 0 radical (unpaired) electrons. The smallest absolute Gasteiger partial charge is 0.223 e. The van der Waals surface area contributed by atoms with E-state index in [9.17, 15) is 14.3 Å². The van der Waals surface area contributed by atoms with Gasteiger partial charge in [0.05, 0.1) is 26.2 Å². The molecule has 1 amide bonds. The summed E-state index contributed by atoms with van der Waals surface area (Å²) in [7, 11) is 1.59. The Balaban J connectivity index is 1.37. The van der Waals surface area contributed by atoms with E-state index in [4.69, 9.17) is 18.9 Å². The Morgan fingerprint density at radius 1 is 1.18 bits per heavy atom. The Morgan fingerprint density at radius 2 is 1.91 bits per heavy atom. The Bertz CT molecular complexity index is 957. The molecule has 2 aromatic rings. The average Bonchev–Trinajstić information content (AvgIpc) is 3.27. The summed E-state index contributed by atoms with van der Waals surface area (Å²) in [5, 5.41) is 14.1. The number of nitrogens with one attached hydrogen (secondary N) is 1. The summed E-state index contributed by atoms with van der Waals surface area (Å²) in [4.78, 5) is 14.6. The van der Waals surface area contributed by atoms with Crippen molar-refractivity contribution in [2.45, 2.75) is 31.2 Å². The number of ether oxygens (including phenoxy) is 4. The topological polar surface area (TPSA) is 89.5 Å². The number of carbonyl (C=O) groups excluding carboxylic acids is 1. The van der Waals surface area contributed by atoms with Gasteiger partial charge in [0.2, 0.25) is 5.91 Å². The molecule has 9 heteroatoms. The summed E-state index contributed by atoms with van der Waals surface area (Å²) in [6, 6.07) is 11.7. The van der Waals surface area contributed by atoms with Gasteiger partial charge < -0.3 is 29.4 Å². The van der Waals surface area contributed by atoms with E-state index in [2.05, 4.69) is 5.32 Å². The fraction of sp³-hybridized carbons (Fsp3) is 0.480. The average molecular weight is 475 g/mol. The Labute approximate surface area is 198 Å². The molecule has 1 saturated heterocycles. The van der Waals surface area contributed by atoms with E-state index < -0.39 is 18.3 Å². The number of hydrogen-bond donors (Lipinski definition) is 2. The fourth-order valence-electron chi connectivity index (χ4n) is 4.14. The zero-order valence-electron chi connectivity index (χ0n) is 19.2. The number of methoxy groups -OCH3 is 1. The van der Waals surface area contributed by atoms with Crippen LogP contribution in [0.5, 0.6) is 23.0 Å². The molecule has 1 unspecified atom stereocenters. The third-order valence-corrected chi connectivity index (χ3v) is 5.96. The second kappa shape index (κ2) is 11.4. The van der Waals surface area contributed by atoms with E-state index in [0.29, 0.717) is 62.1 Å². The van der Waals surface area contributed by atoms with Crippen molar-refractivity contribution in [3.05, 3.63) is 48.0 Å². The zero-order chi connectivity index (χ0) is 23.9. The predicted molar refractivity (Wildman–Crippen MR) is 123 cm³/mol. The summed E-state index contributed by atoms with van der Waals surface area (Å²) in [5.74, 6) is 2.28. The minimum absolute atomic E-state index is 0.113. The molecule has 0 spiro atoms. The van der Waals surface area contributed by atoms with Crippen LogP contribution in [0.15, 0.2) is 42.5 Å². The summed E-state index contributed by atoms with van der Waals surface area (Å²) in [6.45, 7) is 2.31. The zero-order valence-corrected chi connectivity index (χ0v) is 19.2. The van der Waals surface area contributed by atoms with E-state index in [-0.39, 0.29) is 18.9 Å². The van der Waals surface area contributed by atoms with Crippen LogP contribution in [-0.4, -0.2) is 74.7 Å². The third kappa shape index (κ3) is 6.30. The standard InChI is InChI=1S/C25H31FN2O6/c1-31-19-3-5-20(6-4-19)32-11-9-24(29)27-21(16-28-10-8-18(26)15-28)25(30)17-2-7-22-23(14-17)34-13-12-33-22/h2-7,14,18,21,25,30H,8-13,15-16H2,1H3,(H,27,29)/t18?,21-,25-/m1/s1. The lowest BCUT2D eigenvalue weighted by Gasteiger charge is -2.29. The molecule has 184 valence electrons. The van der Waals surface area contributed by atoms with Gasteiger partial charge in [-0.2, -0.15) is 0 Å². The lowest BCUT2D eigenvalue weighted by atomic mass is 10.0. The highest BCUT2D eigenvalue weighted by Crippen LogP contribution is 2.33. The fourth-order valence-corrected chi connectivity index (χ4v) is 4.14. The second-order valence-electron chi connectivity index (χ2n) is 8.44. The van der Waals surface area contributed by atoms with Gasteiger partial charge in [0.25, 0.3) is 0 Å². The van der Waals surface area contributed by atoms with Gasteiger partial charge in [-0.25, -0.2) is 4.39 Å². The van der Waals surface area contributed by atoms with E-state index in [1.807, 2.05) is 4.90 Å². The van der Waals surface area contributed by atoms with Crippen LogP contribution in [0.4, 0.5) is 4.39 Å². The Kier molecular flexibility index (Phi) is 8.08. The number of alkyl halides is 1. The molecule has 4 rings (SSSR count). The van der Waals surface area contributed by atoms with Crippen molar-refractivity contribution in [1.29, 1.82) is 0 Å². The number of aliphatic hydroxyl groups is 1. The maximum atomic E-state index is 13.7. The minimum Gasteiger partial charge on any atom is -0.497 e. The molecule has 8 nitrogen and oxygen atoms in total. The van der Waals surface area contributed by atoms with Crippen molar-refractivity contribution in [2.75, 3.05) is 46.6 Å². The quantitative estimate of drug-likeness (QED) is 0.547. The molecule has 0 bridgehead atoms. The Hall–Kier alpha value is -3.04. The maximum Gasteiger partial charge on any atom is 0.223 e. The molecule has 2 N–H and O–H groups in total. The highest BCUT2D eigenvalue weighted by atomic mass is 19.1. The van der Waals surface area contributed by atoms with Crippen LogP contribution < -0.4 is 24.3 Å². The summed E-state index contributed by atoms with van der Waals surface area (Å²) >= 11 is 0. The predicted octanol–water partition coefficient (Wildman–Crippen LogP) is 2.50. The van der Waals surface area contributed by atoms with Gasteiger partial charge >= 0.3 is 0 Å². The summed E-state index contributed by atoms with van der Waals surface area (Å²) in [5.41, 5.74) is 0.597. The van der Waals surface area contributed by atoms with Crippen molar-refractivity contribution >= 4 is 5.91 Å². The van der Waals surface area contributed by atoms with E-state index in [1.54, 1.807) is 49.6 Å². The van der Waals surface area contributed by atoms with Gasteiger partial charge in [-0.1, -0.05) is 6.07 Å². The van der Waals surface area contributed by atoms with Gasteiger partial charge in [0.1, 0.15) is 37.0 Å².